The third-order valence-electron chi connectivity index (χ3n) is 6.73. The number of nitrogens with one attached hydrogen (secondary N) is 1. The summed E-state index contributed by atoms with van der Waals surface area (Å²) >= 11 is 0. The number of benzene rings is 2. The number of methoxy groups -OCH3 is 1. The molecule has 5 heteroatoms. The molecule has 1 saturated carbocycles. The highest BCUT2D eigenvalue weighted by atomic mass is 16.5. The number of carboxylic acid groups (broad SMARTS) is 1. The van der Waals surface area contributed by atoms with Crippen LogP contribution in [-0.2, 0) is 11.3 Å². The van der Waals surface area contributed by atoms with Gasteiger partial charge in [0.15, 0.2) is 0 Å². The van der Waals surface area contributed by atoms with Crippen molar-refractivity contribution in [2.24, 2.45) is 5.41 Å². The van der Waals surface area contributed by atoms with Crippen LogP contribution in [0.4, 0.5) is 0 Å². The first-order valence-corrected chi connectivity index (χ1v) is 10.9. The van der Waals surface area contributed by atoms with Crippen LogP contribution in [0.1, 0.15) is 46.7 Å². The summed E-state index contributed by atoms with van der Waals surface area (Å²) in [5.41, 5.74) is 3.15. The molecule has 0 radical (unpaired) electrons. The van der Waals surface area contributed by atoms with Crippen LogP contribution in [0, 0.1) is 5.41 Å². The van der Waals surface area contributed by atoms with Crippen LogP contribution in [0.2, 0.25) is 0 Å². The van der Waals surface area contributed by atoms with Gasteiger partial charge in [0.25, 0.3) is 0 Å². The molecule has 4 rings (SSSR count). The predicted octanol–water partition coefficient (Wildman–Crippen LogP) is 3.76. The number of carbonyl (C=O) groups is 1. The van der Waals surface area contributed by atoms with E-state index in [4.69, 9.17) is 9.84 Å². The average molecular weight is 409 g/mol. The summed E-state index contributed by atoms with van der Waals surface area (Å²) in [6, 6.07) is 18.6. The molecule has 2 atom stereocenters. The summed E-state index contributed by atoms with van der Waals surface area (Å²) in [5, 5.41) is 12.9. The van der Waals surface area contributed by atoms with Gasteiger partial charge in [-0.15, -0.1) is 0 Å². The molecule has 2 aliphatic rings. The lowest BCUT2D eigenvalue weighted by Gasteiger charge is -2.42. The van der Waals surface area contributed by atoms with Crippen LogP contribution in [-0.4, -0.2) is 55.4 Å². The van der Waals surface area contributed by atoms with Crippen LogP contribution in [0.15, 0.2) is 54.6 Å². The molecular weight excluding hydrogens is 376 g/mol. The number of carboxylic acids is 1. The molecule has 160 valence electrons. The van der Waals surface area contributed by atoms with Gasteiger partial charge in [-0.3, -0.25) is 4.90 Å². The van der Waals surface area contributed by atoms with Crippen LogP contribution in [0.3, 0.4) is 0 Å². The van der Waals surface area contributed by atoms with Gasteiger partial charge >= 0.3 is 5.97 Å². The first kappa shape index (κ1) is 21.0. The lowest BCUT2D eigenvalue weighted by molar-refractivity contribution is 0.0193. The second kappa shape index (κ2) is 9.29. The van der Waals surface area contributed by atoms with Crippen molar-refractivity contribution in [1.82, 2.24) is 10.2 Å². The quantitative estimate of drug-likeness (QED) is 0.662. The minimum Gasteiger partial charge on any atom is -0.478 e. The molecule has 1 heterocycles. The van der Waals surface area contributed by atoms with E-state index in [0.29, 0.717) is 17.5 Å². The second-order valence-electron chi connectivity index (χ2n) is 8.95. The number of aromatic carboxylic acids is 1. The fourth-order valence-corrected chi connectivity index (χ4v) is 4.71. The van der Waals surface area contributed by atoms with E-state index in [1.165, 1.54) is 17.5 Å². The molecule has 0 bridgehead atoms. The number of hydrogen-bond donors (Lipinski definition) is 2. The Hall–Kier alpha value is -2.21. The molecule has 5 nitrogen and oxygen atoms in total. The standard InChI is InChI=1S/C25H32N2O3/c1-30-18-25(17-26-23-15-22(23)20-5-3-2-4-6-20)11-13-27(14-12-25)16-19-7-9-21(10-8-19)24(28)29/h2-10,22-23,26H,11-18H2,1H3,(H,28,29)/t22?,23-/m1/s1. The summed E-state index contributed by atoms with van der Waals surface area (Å²) < 4.78 is 5.62. The van der Waals surface area contributed by atoms with E-state index < -0.39 is 5.97 Å². The Morgan fingerprint density at radius 2 is 1.83 bits per heavy atom. The Kier molecular flexibility index (Phi) is 6.52. The topological polar surface area (TPSA) is 61.8 Å². The highest BCUT2D eigenvalue weighted by Crippen LogP contribution is 2.42. The van der Waals surface area contributed by atoms with E-state index in [0.717, 1.165) is 45.6 Å². The maximum Gasteiger partial charge on any atom is 0.335 e. The van der Waals surface area contributed by atoms with Gasteiger partial charge in [0, 0.05) is 37.6 Å². The monoisotopic (exact) mass is 408 g/mol. The number of ether oxygens (including phenoxy) is 1. The Labute approximate surface area is 179 Å². The van der Waals surface area contributed by atoms with Crippen molar-refractivity contribution in [3.63, 3.8) is 0 Å². The van der Waals surface area contributed by atoms with E-state index in [-0.39, 0.29) is 5.41 Å². The summed E-state index contributed by atoms with van der Waals surface area (Å²) in [5.74, 6) is -0.221. The van der Waals surface area contributed by atoms with Gasteiger partial charge < -0.3 is 15.2 Å². The molecule has 0 spiro atoms. The van der Waals surface area contributed by atoms with Crippen molar-refractivity contribution >= 4 is 5.97 Å². The zero-order valence-corrected chi connectivity index (χ0v) is 17.7. The SMILES string of the molecule is COCC1(CN[C@@H]2CC2c2ccccc2)CCN(Cc2ccc(C(=O)O)cc2)CC1. The van der Waals surface area contributed by atoms with E-state index in [2.05, 4.69) is 40.5 Å². The minimum absolute atomic E-state index is 0.197. The van der Waals surface area contributed by atoms with Gasteiger partial charge in [-0.25, -0.2) is 4.79 Å². The normalized spacial score (nSPS) is 23.2. The Balaban J connectivity index is 1.27. The third-order valence-corrected chi connectivity index (χ3v) is 6.73. The highest BCUT2D eigenvalue weighted by Gasteiger charge is 2.41. The molecule has 1 saturated heterocycles. The third kappa shape index (κ3) is 5.09. The van der Waals surface area contributed by atoms with Gasteiger partial charge in [-0.1, -0.05) is 42.5 Å². The lowest BCUT2D eigenvalue weighted by Crippen LogP contribution is -2.47. The van der Waals surface area contributed by atoms with E-state index in [1.807, 2.05) is 19.2 Å². The maximum absolute atomic E-state index is 11.0. The number of nitrogens with zero attached hydrogens (tertiary/aromatic N) is 1. The number of likely N-dealkylation sites (tertiary alicyclic amines) is 1. The van der Waals surface area contributed by atoms with Gasteiger partial charge in [-0.05, 0) is 55.6 Å². The lowest BCUT2D eigenvalue weighted by atomic mass is 9.78. The molecule has 2 N–H and O–H groups in total. The van der Waals surface area contributed by atoms with Gasteiger partial charge in [0.1, 0.15) is 0 Å². The maximum atomic E-state index is 11.0. The molecule has 1 aliphatic carbocycles. The second-order valence-corrected chi connectivity index (χ2v) is 8.95. The zero-order valence-electron chi connectivity index (χ0n) is 17.7. The largest absolute Gasteiger partial charge is 0.478 e. The number of rotatable bonds is 9. The highest BCUT2D eigenvalue weighted by molar-refractivity contribution is 5.87. The number of hydrogen-bond acceptors (Lipinski definition) is 4. The Morgan fingerprint density at radius 1 is 1.13 bits per heavy atom. The van der Waals surface area contributed by atoms with Crippen LogP contribution in [0.25, 0.3) is 0 Å². The molecule has 2 aromatic rings. The molecule has 0 amide bonds. The zero-order chi connectivity index (χ0) is 21.0. The van der Waals surface area contributed by atoms with Crippen molar-refractivity contribution in [2.75, 3.05) is 33.4 Å². The molecule has 2 fully saturated rings. The molecule has 1 aliphatic heterocycles. The first-order valence-electron chi connectivity index (χ1n) is 10.9. The van der Waals surface area contributed by atoms with Gasteiger partial charge in [0.2, 0.25) is 0 Å². The molecule has 0 aromatic heterocycles. The Bertz CT molecular complexity index is 829. The minimum atomic E-state index is -0.874. The number of piperidine rings is 1. The fraction of sp³-hybridized carbons (Fsp3) is 0.480. The van der Waals surface area contributed by atoms with Crippen LogP contribution in [0.5, 0.6) is 0 Å². The van der Waals surface area contributed by atoms with Gasteiger partial charge in [0.05, 0.1) is 12.2 Å². The molecule has 2 aromatic carbocycles. The molecule has 1 unspecified atom stereocenters. The van der Waals surface area contributed by atoms with E-state index in [1.54, 1.807) is 12.1 Å². The van der Waals surface area contributed by atoms with Gasteiger partial charge in [-0.2, -0.15) is 0 Å². The van der Waals surface area contributed by atoms with Crippen LogP contribution < -0.4 is 5.32 Å². The van der Waals surface area contributed by atoms with Crippen molar-refractivity contribution in [2.45, 2.75) is 37.8 Å². The summed E-state index contributed by atoms with van der Waals surface area (Å²) in [4.78, 5) is 13.5. The smallest absolute Gasteiger partial charge is 0.335 e. The van der Waals surface area contributed by atoms with E-state index in [9.17, 15) is 4.79 Å². The predicted molar refractivity (Wildman–Crippen MR) is 118 cm³/mol. The van der Waals surface area contributed by atoms with E-state index >= 15 is 0 Å². The summed E-state index contributed by atoms with van der Waals surface area (Å²) in [6.07, 6.45) is 3.46. The van der Waals surface area contributed by atoms with Crippen molar-refractivity contribution in [3.8, 4) is 0 Å². The van der Waals surface area contributed by atoms with Crippen LogP contribution >= 0.6 is 0 Å². The summed E-state index contributed by atoms with van der Waals surface area (Å²) in [7, 11) is 1.81. The Morgan fingerprint density at radius 3 is 2.47 bits per heavy atom. The molecular formula is C25H32N2O3. The first-order chi connectivity index (χ1) is 14.6. The fourth-order valence-electron chi connectivity index (χ4n) is 4.71. The van der Waals surface area contributed by atoms with Crippen molar-refractivity contribution < 1.29 is 14.6 Å². The van der Waals surface area contributed by atoms with Crippen molar-refractivity contribution in [3.05, 3.63) is 71.3 Å². The summed E-state index contributed by atoms with van der Waals surface area (Å²) in [6.45, 7) is 4.76. The van der Waals surface area contributed by atoms with Crippen molar-refractivity contribution in [1.29, 1.82) is 0 Å². The molecule has 30 heavy (non-hydrogen) atoms. The average Bonchev–Trinajstić information content (AvgIpc) is 3.55.